The number of para-hydroxylation sites is 1. The number of anilines is 1. The normalized spacial score (nSPS) is 10.8. The molecular formula is C15H12F3N3O2S. The molecule has 0 spiro atoms. The van der Waals surface area contributed by atoms with E-state index in [4.69, 9.17) is 12.2 Å². The van der Waals surface area contributed by atoms with Crippen molar-refractivity contribution in [3.63, 3.8) is 0 Å². The van der Waals surface area contributed by atoms with Gasteiger partial charge >= 0.3 is 6.18 Å². The Hall–Kier alpha value is -2.81. The van der Waals surface area contributed by atoms with E-state index in [0.717, 1.165) is 12.1 Å². The zero-order valence-electron chi connectivity index (χ0n) is 12.0. The second kappa shape index (κ2) is 7.18. The third-order valence-electron chi connectivity index (χ3n) is 2.91. The first-order valence-corrected chi connectivity index (χ1v) is 7.01. The summed E-state index contributed by atoms with van der Waals surface area (Å²) in [6.45, 7) is 0. The summed E-state index contributed by atoms with van der Waals surface area (Å²) in [7, 11) is 0. The van der Waals surface area contributed by atoms with Gasteiger partial charge in [0.05, 0.1) is 11.1 Å². The van der Waals surface area contributed by atoms with Crippen molar-refractivity contribution < 1.29 is 23.1 Å². The van der Waals surface area contributed by atoms with Crippen LogP contribution in [0.15, 0.2) is 48.5 Å². The highest BCUT2D eigenvalue weighted by Crippen LogP contribution is 2.29. The Balaban J connectivity index is 1.90. The molecule has 0 aliphatic heterocycles. The molecule has 0 aliphatic rings. The lowest BCUT2D eigenvalue weighted by Crippen LogP contribution is -2.43. The third-order valence-corrected chi connectivity index (χ3v) is 3.11. The van der Waals surface area contributed by atoms with Crippen molar-refractivity contribution >= 4 is 28.9 Å². The number of amides is 1. The number of halogens is 3. The van der Waals surface area contributed by atoms with E-state index in [9.17, 15) is 23.1 Å². The molecule has 0 saturated carbocycles. The minimum Gasteiger partial charge on any atom is -0.507 e. The molecule has 0 heterocycles. The number of hydrazine groups is 1. The number of hydrogen-bond acceptors (Lipinski definition) is 3. The van der Waals surface area contributed by atoms with Crippen LogP contribution in [0, 0.1) is 0 Å². The number of hydrogen-bond donors (Lipinski definition) is 4. The lowest BCUT2D eigenvalue weighted by Gasteiger charge is -2.13. The molecule has 0 aromatic heterocycles. The van der Waals surface area contributed by atoms with Crippen molar-refractivity contribution in [1.29, 1.82) is 0 Å². The number of benzene rings is 2. The van der Waals surface area contributed by atoms with Gasteiger partial charge in [0.15, 0.2) is 5.11 Å². The minimum atomic E-state index is -4.41. The second-order valence-corrected chi connectivity index (χ2v) is 5.03. The van der Waals surface area contributed by atoms with Gasteiger partial charge in [-0.15, -0.1) is 0 Å². The first-order chi connectivity index (χ1) is 11.3. The molecule has 0 bridgehead atoms. The molecule has 0 saturated heterocycles. The SMILES string of the molecule is O=C(NNC(=S)Nc1ccc(C(F)(F)F)cc1)c1ccccc1O. The van der Waals surface area contributed by atoms with Crippen molar-refractivity contribution in [3.05, 3.63) is 59.7 Å². The zero-order chi connectivity index (χ0) is 17.7. The molecule has 4 N–H and O–H groups in total. The van der Waals surface area contributed by atoms with Crippen LogP contribution in [0.25, 0.3) is 0 Å². The molecule has 126 valence electrons. The lowest BCUT2D eigenvalue weighted by molar-refractivity contribution is -0.137. The summed E-state index contributed by atoms with van der Waals surface area (Å²) in [4.78, 5) is 11.8. The molecule has 0 radical (unpaired) electrons. The van der Waals surface area contributed by atoms with Crippen LogP contribution in [0.1, 0.15) is 15.9 Å². The van der Waals surface area contributed by atoms with Gasteiger partial charge in [-0.25, -0.2) is 0 Å². The van der Waals surface area contributed by atoms with Crippen LogP contribution in [0.2, 0.25) is 0 Å². The summed E-state index contributed by atoms with van der Waals surface area (Å²) >= 11 is 4.92. The first-order valence-electron chi connectivity index (χ1n) is 6.60. The van der Waals surface area contributed by atoms with Crippen LogP contribution in [0.5, 0.6) is 5.75 Å². The van der Waals surface area contributed by atoms with Crippen molar-refractivity contribution in [2.24, 2.45) is 0 Å². The molecule has 0 unspecified atom stereocenters. The average Bonchev–Trinajstić information content (AvgIpc) is 2.53. The van der Waals surface area contributed by atoms with Gasteiger partial charge in [0, 0.05) is 5.69 Å². The fourth-order valence-corrected chi connectivity index (χ4v) is 1.92. The number of alkyl halides is 3. The highest BCUT2D eigenvalue weighted by molar-refractivity contribution is 7.80. The Morgan fingerprint density at radius 2 is 1.62 bits per heavy atom. The summed E-state index contributed by atoms with van der Waals surface area (Å²) in [5.41, 5.74) is 4.23. The molecular weight excluding hydrogens is 343 g/mol. The van der Waals surface area contributed by atoms with E-state index >= 15 is 0 Å². The van der Waals surface area contributed by atoms with Crippen molar-refractivity contribution in [1.82, 2.24) is 10.9 Å². The van der Waals surface area contributed by atoms with Crippen LogP contribution in [-0.2, 0) is 6.18 Å². The van der Waals surface area contributed by atoms with Crippen LogP contribution in [0.4, 0.5) is 18.9 Å². The minimum absolute atomic E-state index is 0.0291. The fraction of sp³-hybridized carbons (Fsp3) is 0.0667. The van der Waals surface area contributed by atoms with E-state index < -0.39 is 17.6 Å². The maximum Gasteiger partial charge on any atom is 0.416 e. The van der Waals surface area contributed by atoms with E-state index in [-0.39, 0.29) is 16.4 Å². The Labute approximate surface area is 140 Å². The molecule has 0 aliphatic carbocycles. The molecule has 0 fully saturated rings. The highest BCUT2D eigenvalue weighted by Gasteiger charge is 2.29. The molecule has 5 nitrogen and oxygen atoms in total. The monoisotopic (exact) mass is 355 g/mol. The molecule has 1 amide bonds. The molecule has 0 atom stereocenters. The Morgan fingerprint density at radius 1 is 1.00 bits per heavy atom. The topological polar surface area (TPSA) is 73.4 Å². The second-order valence-electron chi connectivity index (χ2n) is 4.63. The largest absolute Gasteiger partial charge is 0.507 e. The van der Waals surface area contributed by atoms with E-state index in [0.29, 0.717) is 5.69 Å². The molecule has 9 heteroatoms. The number of phenols is 1. The van der Waals surface area contributed by atoms with Gasteiger partial charge in [0.25, 0.3) is 5.91 Å². The van der Waals surface area contributed by atoms with Gasteiger partial charge in [0.2, 0.25) is 0 Å². The van der Waals surface area contributed by atoms with Crippen LogP contribution < -0.4 is 16.2 Å². The Morgan fingerprint density at radius 3 is 2.21 bits per heavy atom. The van der Waals surface area contributed by atoms with Gasteiger partial charge in [-0.05, 0) is 48.6 Å². The smallest absolute Gasteiger partial charge is 0.416 e. The molecule has 2 aromatic carbocycles. The van der Waals surface area contributed by atoms with Crippen LogP contribution in [-0.4, -0.2) is 16.1 Å². The quantitative estimate of drug-likeness (QED) is 0.492. The van der Waals surface area contributed by atoms with Crippen molar-refractivity contribution in [3.8, 4) is 5.75 Å². The third kappa shape index (κ3) is 4.59. The summed E-state index contributed by atoms with van der Waals surface area (Å²) in [5, 5.41) is 12.1. The standard InChI is InChI=1S/C15H12F3N3O2S/c16-15(17,18)9-5-7-10(8-6-9)19-14(24)21-20-13(23)11-3-1-2-4-12(11)22/h1-8,22H,(H,20,23)(H2,19,21,24). The average molecular weight is 355 g/mol. The van der Waals surface area contributed by atoms with Crippen molar-refractivity contribution in [2.45, 2.75) is 6.18 Å². The van der Waals surface area contributed by atoms with Crippen LogP contribution >= 0.6 is 12.2 Å². The van der Waals surface area contributed by atoms with E-state index in [1.165, 1.54) is 24.3 Å². The Bertz CT molecular complexity index is 748. The summed E-state index contributed by atoms with van der Waals surface area (Å²) < 4.78 is 37.4. The molecule has 2 rings (SSSR count). The van der Waals surface area contributed by atoms with Crippen molar-refractivity contribution in [2.75, 3.05) is 5.32 Å². The first kappa shape index (κ1) is 17.5. The van der Waals surface area contributed by atoms with Gasteiger partial charge in [-0.1, -0.05) is 12.1 Å². The summed E-state index contributed by atoms with van der Waals surface area (Å²) in [6, 6.07) is 10.1. The number of aromatic hydroxyl groups is 1. The number of thiocarbonyl (C=S) groups is 1. The molecule has 24 heavy (non-hydrogen) atoms. The summed E-state index contributed by atoms with van der Waals surface area (Å²) in [6.07, 6.45) is -4.41. The zero-order valence-corrected chi connectivity index (χ0v) is 12.8. The predicted molar refractivity (Wildman–Crippen MR) is 86.4 cm³/mol. The van der Waals surface area contributed by atoms with Crippen LogP contribution in [0.3, 0.4) is 0 Å². The van der Waals surface area contributed by atoms with Gasteiger partial charge in [-0.2, -0.15) is 13.2 Å². The number of carbonyl (C=O) groups excluding carboxylic acids is 1. The maximum atomic E-state index is 12.5. The number of phenolic OH excluding ortho intramolecular Hbond substituents is 1. The van der Waals surface area contributed by atoms with E-state index in [2.05, 4.69) is 16.2 Å². The predicted octanol–water partition coefficient (Wildman–Crippen LogP) is 3.04. The van der Waals surface area contributed by atoms with E-state index in [1.807, 2.05) is 0 Å². The van der Waals surface area contributed by atoms with Gasteiger partial charge in [0.1, 0.15) is 5.75 Å². The fourth-order valence-electron chi connectivity index (χ4n) is 1.75. The Kier molecular flexibility index (Phi) is 5.24. The van der Waals surface area contributed by atoms with Gasteiger partial charge < -0.3 is 10.4 Å². The number of rotatable bonds is 2. The molecule has 2 aromatic rings. The number of carbonyl (C=O) groups is 1. The summed E-state index contributed by atoms with van der Waals surface area (Å²) in [5.74, 6) is -0.817. The van der Waals surface area contributed by atoms with E-state index in [1.54, 1.807) is 12.1 Å². The lowest BCUT2D eigenvalue weighted by atomic mass is 10.2. The number of nitrogens with one attached hydrogen (secondary N) is 3. The highest BCUT2D eigenvalue weighted by atomic mass is 32.1. The maximum absolute atomic E-state index is 12.5. The van der Waals surface area contributed by atoms with Gasteiger partial charge in [-0.3, -0.25) is 15.6 Å².